The van der Waals surface area contributed by atoms with E-state index in [4.69, 9.17) is 4.74 Å². The minimum Gasteiger partial charge on any atom is -0.481 e. The van der Waals surface area contributed by atoms with Crippen LogP contribution < -0.4 is 31.9 Å². The molecule has 2 aliphatic rings. The van der Waals surface area contributed by atoms with Gasteiger partial charge in [-0.15, -0.1) is 0 Å². The Labute approximate surface area is 393 Å². The van der Waals surface area contributed by atoms with Crippen molar-refractivity contribution >= 4 is 53.3 Å². The number of aliphatic hydroxyl groups excluding tert-OH is 1. The van der Waals surface area contributed by atoms with Crippen molar-refractivity contribution in [3.8, 4) is 0 Å². The van der Waals surface area contributed by atoms with Crippen LogP contribution in [-0.4, -0.2) is 149 Å². The molecule has 20 nitrogen and oxygen atoms in total. The Hall–Kier alpha value is -5.63. The summed E-state index contributed by atoms with van der Waals surface area (Å²) in [5.41, 5.74) is 0.665. The molecule has 1 aromatic rings. The zero-order valence-electron chi connectivity index (χ0n) is 40.3. The molecule has 0 radical (unpaired) electrons. The number of carboxylic acids is 1. The number of aliphatic hydroxyl groups is 1. The van der Waals surface area contributed by atoms with Crippen molar-refractivity contribution in [3.63, 3.8) is 0 Å². The van der Waals surface area contributed by atoms with Crippen LogP contribution >= 0.6 is 0 Å². The van der Waals surface area contributed by atoms with E-state index in [0.29, 0.717) is 37.8 Å². The first-order chi connectivity index (χ1) is 31.7. The van der Waals surface area contributed by atoms with E-state index in [1.54, 1.807) is 51.2 Å². The third kappa shape index (κ3) is 16.9. The highest BCUT2D eigenvalue weighted by molar-refractivity contribution is 5.98. The highest BCUT2D eigenvalue weighted by atomic mass is 16.5. The maximum Gasteiger partial charge on any atom is 0.329 e. The van der Waals surface area contributed by atoms with Gasteiger partial charge < -0.3 is 56.7 Å². The molecule has 2 saturated heterocycles. The van der Waals surface area contributed by atoms with E-state index in [1.165, 1.54) is 18.9 Å². The van der Waals surface area contributed by atoms with Gasteiger partial charge in [0, 0.05) is 19.9 Å². The fourth-order valence-corrected chi connectivity index (χ4v) is 8.17. The summed E-state index contributed by atoms with van der Waals surface area (Å²) in [6, 6.07) is -1.13. The second-order valence-electron chi connectivity index (χ2n) is 18.4. The molecule has 1 aromatic carbocycles. The van der Waals surface area contributed by atoms with Crippen LogP contribution in [0.2, 0.25) is 0 Å². The van der Waals surface area contributed by atoms with E-state index in [9.17, 15) is 53.4 Å². The molecule has 2 bridgehead atoms. The monoisotopic (exact) mass is 943 g/mol. The lowest BCUT2D eigenvalue weighted by Crippen LogP contribution is -2.65. The van der Waals surface area contributed by atoms with Crippen molar-refractivity contribution in [2.24, 2.45) is 11.8 Å². The average Bonchev–Trinajstić information content (AvgIpc) is 3.26. The van der Waals surface area contributed by atoms with Crippen molar-refractivity contribution in [2.45, 2.75) is 173 Å². The smallest absolute Gasteiger partial charge is 0.329 e. The largest absolute Gasteiger partial charge is 0.481 e. The topological polar surface area (TPSA) is 282 Å². The van der Waals surface area contributed by atoms with Gasteiger partial charge in [-0.3, -0.25) is 38.4 Å². The van der Waals surface area contributed by atoms with Crippen LogP contribution in [0.25, 0.3) is 0 Å². The Kier molecular flexibility index (Phi) is 22.7. The van der Waals surface area contributed by atoms with Crippen molar-refractivity contribution in [1.29, 1.82) is 0 Å². The number of cyclic esters (lactones) is 1. The molecule has 0 aromatic heterocycles. The number of hydrogen-bond acceptors (Lipinski definition) is 12. The van der Waals surface area contributed by atoms with Gasteiger partial charge in [0.15, 0.2) is 0 Å². The molecule has 3 rings (SSSR count). The van der Waals surface area contributed by atoms with E-state index in [-0.39, 0.29) is 44.4 Å². The van der Waals surface area contributed by atoms with Gasteiger partial charge in [0.05, 0.1) is 6.42 Å². The number of fused-ring (bicyclic) bond motifs is 2. The average molecular weight is 943 g/mol. The first-order valence-corrected chi connectivity index (χ1v) is 23.6. The Balaban J connectivity index is 2.21. The molecule has 0 spiro atoms. The lowest BCUT2D eigenvalue weighted by molar-refractivity contribution is -0.166. The third-order valence-electron chi connectivity index (χ3n) is 12.0. The van der Waals surface area contributed by atoms with Gasteiger partial charge in [-0.05, 0) is 82.9 Å². The maximum atomic E-state index is 14.8. The summed E-state index contributed by atoms with van der Waals surface area (Å²) in [5.74, 6) is -8.93. The highest BCUT2D eigenvalue weighted by Gasteiger charge is 2.46. The summed E-state index contributed by atoms with van der Waals surface area (Å²) in [4.78, 5) is 128. The zero-order chi connectivity index (χ0) is 50.0. The van der Waals surface area contributed by atoms with Gasteiger partial charge in [0.1, 0.15) is 54.6 Å². The number of likely N-dealkylation sites (N-methyl/N-ethyl adjacent to an activating group) is 1. The van der Waals surface area contributed by atoms with Crippen molar-refractivity contribution in [3.05, 3.63) is 35.9 Å². The van der Waals surface area contributed by atoms with Crippen LogP contribution in [0.3, 0.4) is 0 Å². The van der Waals surface area contributed by atoms with E-state index < -0.39 is 120 Å². The molecule has 8 N–H and O–H groups in total. The summed E-state index contributed by atoms with van der Waals surface area (Å²) in [6.07, 6.45) is -0.778. The van der Waals surface area contributed by atoms with E-state index >= 15 is 0 Å². The Morgan fingerprint density at radius 3 is 2.16 bits per heavy atom. The fraction of sp³-hybridized carbons (Fsp3) is 0.681. The van der Waals surface area contributed by atoms with Crippen LogP contribution in [0.15, 0.2) is 30.3 Å². The molecule has 2 aliphatic heterocycles. The lowest BCUT2D eigenvalue weighted by atomic mass is 9.94. The Morgan fingerprint density at radius 2 is 1.55 bits per heavy atom. The van der Waals surface area contributed by atoms with Gasteiger partial charge in [0.25, 0.3) is 0 Å². The molecule has 0 unspecified atom stereocenters. The van der Waals surface area contributed by atoms with Crippen LogP contribution in [0.5, 0.6) is 0 Å². The quantitative estimate of drug-likeness (QED) is 0.0708. The van der Waals surface area contributed by atoms with E-state index in [2.05, 4.69) is 31.9 Å². The number of ether oxygens (including phenoxy) is 1. The summed E-state index contributed by atoms with van der Waals surface area (Å²) in [6.45, 7) is 10.7. The van der Waals surface area contributed by atoms with Gasteiger partial charge in [-0.2, -0.15) is 0 Å². The zero-order valence-corrected chi connectivity index (χ0v) is 40.3. The number of piperidine rings is 1. The molecule has 7 amide bonds. The first-order valence-electron chi connectivity index (χ1n) is 23.6. The number of nitrogens with zero attached hydrogens (tertiary/aromatic N) is 2. The third-order valence-corrected chi connectivity index (χ3v) is 12.0. The number of nitrogens with one attached hydrogen (secondary N) is 6. The molecule has 20 heteroatoms. The summed E-state index contributed by atoms with van der Waals surface area (Å²) < 4.78 is 5.85. The first kappa shape index (κ1) is 55.7. The SMILES string of the molecule is CCCCCC(=O)N[C@@H](CC(=O)O)C(=O)N[C@@H]1C(=O)N[C@@H](CCCCNC)C(=O)N[C@H]2CC[C@H](O)N(C2=O)[C@@H](CC(C)C)C(=O)N(C)[C@@H](Cc2ccccc2)C(=O)N[C@@H](C(C)C)C(=O)O[C@@H]1C. The van der Waals surface area contributed by atoms with Crippen LogP contribution in [0.4, 0.5) is 0 Å². The molecule has 2 heterocycles. The number of esters is 1. The van der Waals surface area contributed by atoms with Gasteiger partial charge in [-0.25, -0.2) is 4.79 Å². The number of carboxylic acid groups (broad SMARTS) is 1. The molecule has 0 aliphatic carbocycles. The highest BCUT2D eigenvalue weighted by Crippen LogP contribution is 2.26. The van der Waals surface area contributed by atoms with Crippen molar-refractivity contribution in [2.75, 3.05) is 20.6 Å². The van der Waals surface area contributed by atoms with Crippen molar-refractivity contribution in [1.82, 2.24) is 41.7 Å². The van der Waals surface area contributed by atoms with Gasteiger partial charge in [0.2, 0.25) is 41.4 Å². The molecule has 0 saturated carbocycles. The van der Waals surface area contributed by atoms with Crippen molar-refractivity contribution < 1.29 is 58.1 Å². The second kappa shape index (κ2) is 27.2. The van der Waals surface area contributed by atoms with Crippen LogP contribution in [-0.2, 0) is 54.3 Å². The van der Waals surface area contributed by atoms with E-state index in [0.717, 1.165) is 11.3 Å². The number of aliphatic carboxylic acids is 1. The second-order valence-corrected chi connectivity index (χ2v) is 18.4. The lowest BCUT2D eigenvalue weighted by Gasteiger charge is -2.43. The van der Waals surface area contributed by atoms with E-state index in [1.807, 2.05) is 20.8 Å². The number of hydrogen-bond donors (Lipinski definition) is 8. The standard InChI is InChI=1S/C47H74N8O12/c1-9-10-12-20-36(56)49-33(26-38(58)59)42(61)53-40-29(6)67-47(66)39(28(4)5)52-43(62)34(25-30-17-13-11-14-18-30)54(8)46(65)35(24-27(2)3)55-37(57)22-21-32(45(55)64)51-41(60)31(50-44(40)63)19-15-16-23-48-7/h11,13-14,17-18,27-29,31-35,37,39-40,48,57H,9-10,12,15-16,19-26H2,1-8H3,(H,49,56)(H,50,63)(H,51,60)(H,52,62)(H,53,61)(H,58,59)/t29-,31+,32+,33+,34+,35+,37+,39+,40+/m1/s1. The van der Waals surface area contributed by atoms with Crippen LogP contribution in [0, 0.1) is 11.8 Å². The maximum absolute atomic E-state index is 14.8. The molecular weight excluding hydrogens is 869 g/mol. The molecule has 2 fully saturated rings. The minimum absolute atomic E-state index is 0.0105. The van der Waals surface area contributed by atoms with Gasteiger partial charge in [-0.1, -0.05) is 77.8 Å². The summed E-state index contributed by atoms with van der Waals surface area (Å²) >= 11 is 0. The predicted molar refractivity (Wildman–Crippen MR) is 246 cm³/mol. The number of benzene rings is 1. The molecule has 374 valence electrons. The summed E-state index contributed by atoms with van der Waals surface area (Å²) in [7, 11) is 3.15. The number of carbonyl (C=O) groups is 9. The number of carbonyl (C=O) groups excluding carboxylic acids is 8. The molecule has 9 atom stereocenters. The fourth-order valence-electron chi connectivity index (χ4n) is 8.17. The van der Waals surface area contributed by atoms with Gasteiger partial charge >= 0.3 is 11.9 Å². The Morgan fingerprint density at radius 1 is 0.866 bits per heavy atom. The Bertz CT molecular complexity index is 1870. The normalized spacial score (nSPS) is 25.2. The number of rotatable bonds is 19. The predicted octanol–water partition coefficient (Wildman–Crippen LogP) is 0.882. The molecular formula is C47H74N8O12. The number of unbranched alkanes of at least 4 members (excludes halogenated alkanes) is 3. The number of amides is 7. The van der Waals surface area contributed by atoms with Crippen LogP contribution in [0.1, 0.15) is 118 Å². The summed E-state index contributed by atoms with van der Waals surface area (Å²) in [5, 5.41) is 37.1. The minimum atomic E-state index is -1.80. The molecule has 67 heavy (non-hydrogen) atoms.